The summed E-state index contributed by atoms with van der Waals surface area (Å²) in [7, 11) is 1.37. The van der Waals surface area contributed by atoms with Crippen molar-refractivity contribution in [1.29, 1.82) is 0 Å². The molecule has 17 heavy (non-hydrogen) atoms. The zero-order chi connectivity index (χ0) is 12.6. The first-order valence-corrected chi connectivity index (χ1v) is 5.65. The lowest BCUT2D eigenvalue weighted by Crippen LogP contribution is -2.00. The highest BCUT2D eigenvalue weighted by Gasteiger charge is 2.14. The highest BCUT2D eigenvalue weighted by atomic mass is 16.5. The van der Waals surface area contributed by atoms with E-state index in [4.69, 9.17) is 4.74 Å². The molecule has 2 rings (SSSR count). The van der Waals surface area contributed by atoms with E-state index in [9.17, 15) is 4.79 Å². The summed E-state index contributed by atoms with van der Waals surface area (Å²) < 4.78 is 4.69. The monoisotopic (exact) mass is 232 g/mol. The topological polar surface area (TPSA) is 55.0 Å². The summed E-state index contributed by atoms with van der Waals surface area (Å²) in [5.74, 6) is -0.363. The van der Waals surface area contributed by atoms with E-state index in [0.29, 0.717) is 5.69 Å². The Morgan fingerprint density at radius 3 is 2.71 bits per heavy atom. The number of nitrogens with one attached hydrogen (secondary N) is 1. The Hall–Kier alpha value is -1.84. The first kappa shape index (κ1) is 11.6. The Kier molecular flexibility index (Phi) is 2.88. The number of aromatic amines is 1. The number of methoxy groups -OCH3 is 1. The van der Waals surface area contributed by atoms with Crippen LogP contribution < -0.4 is 0 Å². The van der Waals surface area contributed by atoms with Crippen LogP contribution in [-0.2, 0) is 11.2 Å². The van der Waals surface area contributed by atoms with Gasteiger partial charge in [0, 0.05) is 11.1 Å². The third kappa shape index (κ3) is 1.79. The van der Waals surface area contributed by atoms with E-state index in [1.54, 1.807) is 6.07 Å². The van der Waals surface area contributed by atoms with E-state index in [1.165, 1.54) is 18.2 Å². The molecule has 0 unspecified atom stereocenters. The van der Waals surface area contributed by atoms with Crippen LogP contribution in [0.5, 0.6) is 0 Å². The molecule has 0 aliphatic heterocycles. The number of carbonyl (C=O) groups is 1. The maximum Gasteiger partial charge on any atom is 0.354 e. The molecule has 0 spiro atoms. The van der Waals surface area contributed by atoms with Crippen molar-refractivity contribution in [3.8, 4) is 0 Å². The third-order valence-corrected chi connectivity index (χ3v) is 3.18. The standard InChI is InChI=1S/C13H16N2O2/c1-5-10-8(3)7(2)9-6-11(13(16)17-4)15-12(9)14-10/h6H,5H2,1-4H3,(H,14,15). The largest absolute Gasteiger partial charge is 0.464 e. The van der Waals surface area contributed by atoms with Gasteiger partial charge in [-0.1, -0.05) is 6.92 Å². The van der Waals surface area contributed by atoms with Crippen LogP contribution in [0.1, 0.15) is 34.2 Å². The lowest BCUT2D eigenvalue weighted by atomic mass is 10.0. The lowest BCUT2D eigenvalue weighted by molar-refractivity contribution is 0.0595. The highest BCUT2D eigenvalue weighted by molar-refractivity contribution is 5.95. The van der Waals surface area contributed by atoms with E-state index in [-0.39, 0.29) is 5.97 Å². The molecule has 0 aromatic carbocycles. The van der Waals surface area contributed by atoms with Gasteiger partial charge in [-0.15, -0.1) is 0 Å². The van der Waals surface area contributed by atoms with Crippen LogP contribution in [0.15, 0.2) is 6.07 Å². The van der Waals surface area contributed by atoms with Gasteiger partial charge in [-0.25, -0.2) is 9.78 Å². The van der Waals surface area contributed by atoms with Crippen molar-refractivity contribution in [3.05, 3.63) is 28.6 Å². The predicted octanol–water partition coefficient (Wildman–Crippen LogP) is 2.53. The molecule has 2 heterocycles. The van der Waals surface area contributed by atoms with Crippen LogP contribution in [0.25, 0.3) is 11.0 Å². The number of hydrogen-bond donors (Lipinski definition) is 1. The van der Waals surface area contributed by atoms with Gasteiger partial charge in [0.15, 0.2) is 0 Å². The van der Waals surface area contributed by atoms with Crippen molar-refractivity contribution >= 4 is 17.0 Å². The first-order chi connectivity index (χ1) is 8.08. The molecule has 4 heteroatoms. The number of ether oxygens (including phenoxy) is 1. The maximum atomic E-state index is 11.5. The number of esters is 1. The molecule has 0 amide bonds. The number of rotatable bonds is 2. The summed E-state index contributed by atoms with van der Waals surface area (Å²) >= 11 is 0. The SMILES string of the molecule is CCc1nc2[nH]c(C(=O)OC)cc2c(C)c1C. The van der Waals surface area contributed by atoms with Crippen molar-refractivity contribution in [2.24, 2.45) is 0 Å². The molecule has 2 aromatic heterocycles. The van der Waals surface area contributed by atoms with Gasteiger partial charge in [-0.2, -0.15) is 0 Å². The lowest BCUT2D eigenvalue weighted by Gasteiger charge is -2.06. The fraction of sp³-hybridized carbons (Fsp3) is 0.385. The number of pyridine rings is 1. The maximum absolute atomic E-state index is 11.5. The summed E-state index contributed by atoms with van der Waals surface area (Å²) in [5.41, 5.74) is 4.62. The minimum absolute atomic E-state index is 0.363. The molecule has 4 nitrogen and oxygen atoms in total. The Labute approximate surface area is 100 Å². The molecule has 90 valence electrons. The zero-order valence-electron chi connectivity index (χ0n) is 10.5. The number of carbonyl (C=O) groups excluding carboxylic acids is 1. The van der Waals surface area contributed by atoms with Crippen molar-refractivity contribution in [3.63, 3.8) is 0 Å². The minimum Gasteiger partial charge on any atom is -0.464 e. The van der Waals surface area contributed by atoms with E-state index in [0.717, 1.165) is 23.1 Å². The molecule has 0 aliphatic rings. The van der Waals surface area contributed by atoms with E-state index in [1.807, 2.05) is 6.92 Å². The van der Waals surface area contributed by atoms with Gasteiger partial charge in [-0.3, -0.25) is 0 Å². The van der Waals surface area contributed by atoms with Crippen LogP contribution in [0.3, 0.4) is 0 Å². The Morgan fingerprint density at radius 1 is 1.41 bits per heavy atom. The van der Waals surface area contributed by atoms with Crippen LogP contribution in [0, 0.1) is 13.8 Å². The molecule has 0 saturated carbocycles. The van der Waals surface area contributed by atoms with Crippen LogP contribution in [0.2, 0.25) is 0 Å². The van der Waals surface area contributed by atoms with Gasteiger partial charge < -0.3 is 9.72 Å². The molecular weight excluding hydrogens is 216 g/mol. The van der Waals surface area contributed by atoms with E-state index < -0.39 is 0 Å². The van der Waals surface area contributed by atoms with Crippen molar-refractivity contribution in [2.45, 2.75) is 27.2 Å². The summed E-state index contributed by atoms with van der Waals surface area (Å²) in [6.07, 6.45) is 0.884. The van der Waals surface area contributed by atoms with Crippen LogP contribution >= 0.6 is 0 Å². The molecular formula is C13H16N2O2. The Morgan fingerprint density at radius 2 is 2.12 bits per heavy atom. The minimum atomic E-state index is -0.363. The zero-order valence-corrected chi connectivity index (χ0v) is 10.5. The quantitative estimate of drug-likeness (QED) is 0.809. The molecule has 1 N–H and O–H groups in total. The Balaban J connectivity index is 2.69. The molecule has 0 saturated heterocycles. The second-order valence-electron chi connectivity index (χ2n) is 4.10. The van der Waals surface area contributed by atoms with Gasteiger partial charge in [0.25, 0.3) is 0 Å². The van der Waals surface area contributed by atoms with Crippen molar-refractivity contribution < 1.29 is 9.53 Å². The molecule has 0 bridgehead atoms. The number of hydrogen-bond acceptors (Lipinski definition) is 3. The van der Waals surface area contributed by atoms with Gasteiger partial charge in [0.1, 0.15) is 11.3 Å². The van der Waals surface area contributed by atoms with Crippen LogP contribution in [0.4, 0.5) is 0 Å². The van der Waals surface area contributed by atoms with Gasteiger partial charge in [0.05, 0.1) is 7.11 Å². The normalized spacial score (nSPS) is 10.8. The smallest absolute Gasteiger partial charge is 0.354 e. The first-order valence-electron chi connectivity index (χ1n) is 5.65. The number of nitrogens with zero attached hydrogens (tertiary/aromatic N) is 1. The third-order valence-electron chi connectivity index (χ3n) is 3.18. The summed E-state index contributed by atoms with van der Waals surface area (Å²) in [4.78, 5) is 19.0. The fourth-order valence-corrected chi connectivity index (χ4v) is 2.02. The molecule has 0 fully saturated rings. The second-order valence-corrected chi connectivity index (χ2v) is 4.10. The Bertz CT molecular complexity index is 585. The summed E-state index contributed by atoms with van der Waals surface area (Å²) in [5, 5.41) is 0.986. The van der Waals surface area contributed by atoms with Crippen LogP contribution in [-0.4, -0.2) is 23.0 Å². The summed E-state index contributed by atoms with van der Waals surface area (Å²) in [6.45, 7) is 6.18. The van der Waals surface area contributed by atoms with E-state index >= 15 is 0 Å². The van der Waals surface area contributed by atoms with Crippen molar-refractivity contribution in [2.75, 3.05) is 7.11 Å². The number of aryl methyl sites for hydroxylation is 2. The average Bonchev–Trinajstić information content (AvgIpc) is 2.76. The molecule has 0 aliphatic carbocycles. The molecule has 0 atom stereocenters. The second kappa shape index (κ2) is 4.20. The van der Waals surface area contributed by atoms with Gasteiger partial charge >= 0.3 is 5.97 Å². The number of H-pyrrole nitrogens is 1. The summed E-state index contributed by atoms with van der Waals surface area (Å²) in [6, 6.07) is 1.80. The predicted molar refractivity (Wildman–Crippen MR) is 66.3 cm³/mol. The number of aromatic nitrogens is 2. The van der Waals surface area contributed by atoms with Crippen molar-refractivity contribution in [1.82, 2.24) is 9.97 Å². The number of fused-ring (bicyclic) bond motifs is 1. The average molecular weight is 232 g/mol. The highest BCUT2D eigenvalue weighted by Crippen LogP contribution is 2.23. The van der Waals surface area contributed by atoms with Gasteiger partial charge in [-0.05, 0) is 37.5 Å². The van der Waals surface area contributed by atoms with E-state index in [2.05, 4.69) is 23.8 Å². The molecule has 2 aromatic rings. The fourth-order valence-electron chi connectivity index (χ4n) is 2.02. The molecule has 0 radical (unpaired) electrons. The van der Waals surface area contributed by atoms with Gasteiger partial charge in [0.2, 0.25) is 0 Å².